The van der Waals surface area contributed by atoms with Crippen LogP contribution in [0.15, 0.2) is 121 Å². The van der Waals surface area contributed by atoms with Gasteiger partial charge in [0.15, 0.2) is 0 Å². The summed E-state index contributed by atoms with van der Waals surface area (Å²) in [7, 11) is 0. The first-order valence-electron chi connectivity index (χ1n) is 22.8. The van der Waals surface area contributed by atoms with Crippen LogP contribution in [0.1, 0.15) is 149 Å². The Kier molecular flexibility index (Phi) is 8.94. The summed E-state index contributed by atoms with van der Waals surface area (Å²) < 4.78 is 0. The van der Waals surface area contributed by atoms with Gasteiger partial charge in [-0.1, -0.05) is 150 Å². The van der Waals surface area contributed by atoms with Crippen LogP contribution < -0.4 is 4.90 Å². The van der Waals surface area contributed by atoms with Gasteiger partial charge >= 0.3 is 0 Å². The summed E-state index contributed by atoms with van der Waals surface area (Å²) in [5.74, 6) is 3.90. The van der Waals surface area contributed by atoms with Crippen molar-refractivity contribution in [2.75, 3.05) is 4.90 Å². The second-order valence-electron chi connectivity index (χ2n) is 19.3. The van der Waals surface area contributed by atoms with E-state index in [1.54, 1.807) is 5.56 Å². The highest BCUT2D eigenvalue weighted by Crippen LogP contribution is 2.56. The largest absolute Gasteiger partial charge is 0.310 e. The predicted molar refractivity (Wildman–Crippen MR) is 241 cm³/mol. The first-order chi connectivity index (χ1) is 28.0. The van der Waals surface area contributed by atoms with Crippen molar-refractivity contribution in [3.63, 3.8) is 0 Å². The van der Waals surface area contributed by atoms with Gasteiger partial charge in [0.05, 0.1) is 5.69 Å². The molecule has 0 aliphatic heterocycles. The Bertz CT molecular complexity index is 2420. The first kappa shape index (κ1) is 35.5. The summed E-state index contributed by atoms with van der Waals surface area (Å²) in [5.41, 5.74) is 16.6. The molecule has 0 saturated heterocycles. The lowest BCUT2D eigenvalue weighted by Crippen LogP contribution is -2.17. The van der Waals surface area contributed by atoms with Crippen LogP contribution in [-0.2, 0) is 5.41 Å². The van der Waals surface area contributed by atoms with Gasteiger partial charge in [-0.3, -0.25) is 0 Å². The maximum absolute atomic E-state index is 2.59. The minimum Gasteiger partial charge on any atom is -0.310 e. The van der Waals surface area contributed by atoms with Crippen molar-refractivity contribution in [3.8, 4) is 22.3 Å². The zero-order valence-corrected chi connectivity index (χ0v) is 34.3. The Hall–Kier alpha value is -4.62. The van der Waals surface area contributed by atoms with Gasteiger partial charge in [-0.15, -0.1) is 0 Å². The lowest BCUT2D eigenvalue weighted by atomic mass is 9.81. The molecule has 6 aromatic carbocycles. The van der Waals surface area contributed by atoms with Crippen molar-refractivity contribution in [1.82, 2.24) is 0 Å². The molecule has 0 heterocycles. The standard InChI is InChI=1S/C56H59N/c1-56(2)52-19-11-18-46(42-24-22-40(23-25-42)38-12-5-3-6-13-38)55(52)50-31-30-45(36-53(50)56)57(44-28-26-41(27-29-44)39-14-7-4-8-15-39)54-33-32-48(47-16-9-10-17-49(47)54)51-35-37-20-21-43(51)34-37/h9-11,16-19,22-33,36-39,43,51H,3-8,12-15,20-21,34-35H2,1-2H3. The number of hydrogen-bond acceptors (Lipinski definition) is 1. The molecule has 1 heteroatoms. The molecule has 3 atom stereocenters. The normalized spacial score (nSPS) is 22.8. The van der Waals surface area contributed by atoms with Gasteiger partial charge < -0.3 is 4.90 Å². The van der Waals surface area contributed by atoms with Gasteiger partial charge in [-0.2, -0.15) is 0 Å². The van der Waals surface area contributed by atoms with Crippen molar-refractivity contribution >= 4 is 27.8 Å². The number of benzene rings is 6. The molecule has 0 aromatic heterocycles. The summed E-state index contributed by atoms with van der Waals surface area (Å²) in [4.78, 5) is 2.59. The Morgan fingerprint density at radius 2 is 1.18 bits per heavy atom. The molecule has 0 N–H and O–H groups in total. The zero-order chi connectivity index (χ0) is 38.1. The van der Waals surface area contributed by atoms with Crippen molar-refractivity contribution in [1.29, 1.82) is 0 Å². The van der Waals surface area contributed by atoms with E-state index < -0.39 is 0 Å². The molecule has 3 unspecified atom stereocenters. The maximum atomic E-state index is 2.59. The molecule has 1 nitrogen and oxygen atoms in total. The second kappa shape index (κ2) is 14.3. The fourth-order valence-electron chi connectivity index (χ4n) is 12.7. The molecular weight excluding hydrogens is 687 g/mol. The summed E-state index contributed by atoms with van der Waals surface area (Å²) in [6.45, 7) is 4.89. The van der Waals surface area contributed by atoms with E-state index in [0.29, 0.717) is 11.8 Å². The molecule has 57 heavy (non-hydrogen) atoms. The maximum Gasteiger partial charge on any atom is 0.0540 e. The van der Waals surface area contributed by atoms with Crippen LogP contribution in [0, 0.1) is 11.8 Å². The summed E-state index contributed by atoms with van der Waals surface area (Å²) in [6, 6.07) is 48.2. The molecular formula is C56H59N. The molecule has 0 amide bonds. The van der Waals surface area contributed by atoms with Crippen molar-refractivity contribution in [2.24, 2.45) is 11.8 Å². The summed E-state index contributed by atoms with van der Waals surface area (Å²) >= 11 is 0. The van der Waals surface area contributed by atoms with E-state index >= 15 is 0 Å². The third-order valence-corrected chi connectivity index (χ3v) is 15.8. The van der Waals surface area contributed by atoms with E-state index in [1.807, 2.05) is 0 Å². The van der Waals surface area contributed by atoms with Gasteiger partial charge in [0.25, 0.3) is 0 Å². The minimum absolute atomic E-state index is 0.122. The molecule has 6 aromatic rings. The molecule has 288 valence electrons. The van der Waals surface area contributed by atoms with Crippen LogP contribution in [0.25, 0.3) is 33.0 Å². The number of nitrogens with zero attached hydrogens (tertiary/aromatic N) is 1. The number of hydrogen-bond donors (Lipinski definition) is 0. The molecule has 5 aliphatic carbocycles. The van der Waals surface area contributed by atoms with Gasteiger partial charge in [-0.05, 0) is 160 Å². The van der Waals surface area contributed by atoms with Crippen LogP contribution in [0.3, 0.4) is 0 Å². The lowest BCUT2D eigenvalue weighted by Gasteiger charge is -2.31. The number of fused-ring (bicyclic) bond motifs is 6. The Morgan fingerprint density at radius 3 is 1.84 bits per heavy atom. The number of anilines is 3. The molecule has 4 fully saturated rings. The molecule has 11 rings (SSSR count). The second-order valence-corrected chi connectivity index (χ2v) is 19.3. The van der Waals surface area contributed by atoms with E-state index in [4.69, 9.17) is 0 Å². The van der Waals surface area contributed by atoms with Crippen LogP contribution in [0.2, 0.25) is 0 Å². The highest BCUT2D eigenvalue weighted by atomic mass is 15.1. The Balaban J connectivity index is 1.02. The van der Waals surface area contributed by atoms with Gasteiger partial charge in [-0.25, -0.2) is 0 Å². The fourth-order valence-corrected chi connectivity index (χ4v) is 12.7. The predicted octanol–water partition coefficient (Wildman–Crippen LogP) is 16.3. The third-order valence-electron chi connectivity index (χ3n) is 15.8. The monoisotopic (exact) mass is 745 g/mol. The quantitative estimate of drug-likeness (QED) is 0.157. The highest BCUT2D eigenvalue weighted by Gasteiger charge is 2.41. The van der Waals surface area contributed by atoms with Crippen molar-refractivity contribution in [2.45, 2.75) is 127 Å². The van der Waals surface area contributed by atoms with Crippen molar-refractivity contribution < 1.29 is 0 Å². The highest BCUT2D eigenvalue weighted by molar-refractivity contribution is 6.01. The lowest BCUT2D eigenvalue weighted by molar-refractivity contribution is 0.422. The van der Waals surface area contributed by atoms with E-state index in [0.717, 1.165) is 17.8 Å². The topological polar surface area (TPSA) is 3.24 Å². The van der Waals surface area contributed by atoms with Gasteiger partial charge in [0.2, 0.25) is 0 Å². The summed E-state index contributed by atoms with van der Waals surface area (Å²) in [5, 5.41) is 2.82. The van der Waals surface area contributed by atoms with Crippen molar-refractivity contribution in [3.05, 3.63) is 149 Å². The Morgan fingerprint density at radius 1 is 0.509 bits per heavy atom. The van der Waals surface area contributed by atoms with E-state index in [9.17, 15) is 0 Å². The molecule has 5 aliphatic rings. The smallest absolute Gasteiger partial charge is 0.0540 e. The average molecular weight is 746 g/mol. The van der Waals surface area contributed by atoms with E-state index in [-0.39, 0.29) is 5.41 Å². The van der Waals surface area contributed by atoms with Crippen LogP contribution in [0.5, 0.6) is 0 Å². The van der Waals surface area contributed by atoms with E-state index in [2.05, 4.69) is 140 Å². The SMILES string of the molecule is CC1(C)c2cc(N(c3ccc(C4CCCCC4)cc3)c3ccc(C4CC5CCC4C5)c4ccccc34)ccc2-c2c(-c3ccc(C4CCCCC4)cc3)cccc21. The fraction of sp³-hybridized carbons (Fsp3) is 0.393. The molecule has 0 radical (unpaired) electrons. The van der Waals surface area contributed by atoms with Gasteiger partial charge in [0, 0.05) is 22.2 Å². The molecule has 2 bridgehead atoms. The third kappa shape index (κ3) is 6.09. The van der Waals surface area contributed by atoms with Gasteiger partial charge in [0.1, 0.15) is 0 Å². The zero-order valence-electron chi connectivity index (χ0n) is 34.3. The first-order valence-corrected chi connectivity index (χ1v) is 22.8. The number of rotatable bonds is 7. The minimum atomic E-state index is -0.122. The molecule has 0 spiro atoms. The summed E-state index contributed by atoms with van der Waals surface area (Å²) in [6.07, 6.45) is 19.2. The van der Waals surface area contributed by atoms with Crippen LogP contribution in [0.4, 0.5) is 17.1 Å². The average Bonchev–Trinajstić information content (AvgIpc) is 3.97. The van der Waals surface area contributed by atoms with Crippen LogP contribution in [-0.4, -0.2) is 0 Å². The Labute approximate surface area is 341 Å². The van der Waals surface area contributed by atoms with Crippen LogP contribution >= 0.6 is 0 Å². The van der Waals surface area contributed by atoms with E-state index in [1.165, 1.54) is 162 Å². The molecule has 4 saturated carbocycles.